The van der Waals surface area contributed by atoms with Gasteiger partial charge in [-0.05, 0) is 17.4 Å². The van der Waals surface area contributed by atoms with Crippen LogP contribution in [0.5, 0.6) is 0 Å². The molecule has 0 unspecified atom stereocenters. The summed E-state index contributed by atoms with van der Waals surface area (Å²) < 4.78 is 1.05. The first-order valence-electron chi connectivity index (χ1n) is 5.19. The minimum atomic E-state index is -0.991. The highest BCUT2D eigenvalue weighted by atomic mass is 32.2. The van der Waals surface area contributed by atoms with Crippen LogP contribution in [0.2, 0.25) is 0 Å². The van der Waals surface area contributed by atoms with E-state index in [4.69, 9.17) is 5.11 Å². The smallest absolute Gasteiger partial charge is 0.326 e. The zero-order valence-electron chi connectivity index (χ0n) is 9.67. The van der Waals surface area contributed by atoms with Crippen molar-refractivity contribution >= 4 is 35.0 Å². The first-order valence-corrected chi connectivity index (χ1v) is 7.05. The predicted molar refractivity (Wildman–Crippen MR) is 69.4 cm³/mol. The summed E-state index contributed by atoms with van der Waals surface area (Å²) in [5, 5.41) is 13.4. The highest BCUT2D eigenvalue weighted by molar-refractivity contribution is 8.01. The molecule has 0 aromatic carbocycles. The van der Waals surface area contributed by atoms with Gasteiger partial charge in [0.2, 0.25) is 5.91 Å². The fourth-order valence-electron chi connectivity index (χ4n) is 1.21. The molecule has 0 aliphatic carbocycles. The summed E-state index contributed by atoms with van der Waals surface area (Å²) in [7, 11) is 0. The predicted octanol–water partition coefficient (Wildman–Crippen LogP) is 2.07. The van der Waals surface area contributed by atoms with Crippen LogP contribution in [0, 0.1) is 5.92 Å². The summed E-state index contributed by atoms with van der Waals surface area (Å²) in [5.41, 5.74) is 0. The van der Waals surface area contributed by atoms with E-state index in [0.717, 1.165) is 4.21 Å². The largest absolute Gasteiger partial charge is 0.480 e. The van der Waals surface area contributed by atoms with Gasteiger partial charge in [-0.1, -0.05) is 19.9 Å². The molecule has 1 aromatic rings. The summed E-state index contributed by atoms with van der Waals surface area (Å²) in [5.74, 6) is -1.11. The second-order valence-electron chi connectivity index (χ2n) is 3.85. The van der Waals surface area contributed by atoms with Crippen molar-refractivity contribution in [3.05, 3.63) is 17.5 Å². The number of thioether (sulfide) groups is 1. The van der Waals surface area contributed by atoms with E-state index < -0.39 is 12.0 Å². The fraction of sp³-hybridized carbons (Fsp3) is 0.455. The number of carbonyl (C=O) groups excluding carboxylic acids is 1. The molecule has 2 N–H and O–H groups in total. The minimum absolute atomic E-state index is 0.122. The number of aliphatic carboxylic acids is 1. The van der Waals surface area contributed by atoms with E-state index in [1.165, 1.54) is 11.8 Å². The van der Waals surface area contributed by atoms with Gasteiger partial charge in [0.1, 0.15) is 6.04 Å². The Morgan fingerprint density at radius 3 is 2.71 bits per heavy atom. The maximum absolute atomic E-state index is 11.6. The minimum Gasteiger partial charge on any atom is -0.480 e. The Morgan fingerprint density at radius 2 is 2.24 bits per heavy atom. The number of amides is 1. The van der Waals surface area contributed by atoms with Gasteiger partial charge in [-0.3, -0.25) is 4.79 Å². The first-order chi connectivity index (χ1) is 8.00. The van der Waals surface area contributed by atoms with Crippen LogP contribution in [0.1, 0.15) is 13.8 Å². The third-order valence-electron chi connectivity index (χ3n) is 2.09. The van der Waals surface area contributed by atoms with Gasteiger partial charge in [-0.15, -0.1) is 23.1 Å². The monoisotopic (exact) mass is 273 g/mol. The molecule has 0 spiro atoms. The van der Waals surface area contributed by atoms with Crippen LogP contribution in [0.15, 0.2) is 21.7 Å². The molecule has 1 rings (SSSR count). The van der Waals surface area contributed by atoms with Crippen LogP contribution in [-0.4, -0.2) is 28.8 Å². The van der Waals surface area contributed by atoms with Crippen molar-refractivity contribution in [3.63, 3.8) is 0 Å². The SMILES string of the molecule is CC(C)[C@@H](NC(=O)CSc1cccs1)C(=O)O. The third kappa shape index (κ3) is 4.79. The third-order valence-corrected chi connectivity index (χ3v) is 4.22. The van der Waals surface area contributed by atoms with Gasteiger partial charge in [0.25, 0.3) is 0 Å². The average Bonchev–Trinajstić information content (AvgIpc) is 2.74. The molecule has 0 fully saturated rings. The molecule has 17 heavy (non-hydrogen) atoms. The molecule has 1 heterocycles. The first kappa shape index (κ1) is 14.1. The van der Waals surface area contributed by atoms with E-state index in [-0.39, 0.29) is 17.6 Å². The van der Waals surface area contributed by atoms with Crippen molar-refractivity contribution < 1.29 is 14.7 Å². The molecule has 94 valence electrons. The van der Waals surface area contributed by atoms with E-state index in [2.05, 4.69) is 5.32 Å². The number of carbonyl (C=O) groups is 2. The van der Waals surface area contributed by atoms with Gasteiger partial charge in [-0.2, -0.15) is 0 Å². The number of hydrogen-bond donors (Lipinski definition) is 2. The summed E-state index contributed by atoms with van der Waals surface area (Å²) in [6.45, 7) is 3.54. The average molecular weight is 273 g/mol. The molecule has 0 aliphatic rings. The Labute approximate surface area is 108 Å². The Bertz CT molecular complexity index is 376. The van der Waals surface area contributed by atoms with Crippen molar-refractivity contribution in [1.29, 1.82) is 0 Å². The van der Waals surface area contributed by atoms with Crippen LogP contribution in [-0.2, 0) is 9.59 Å². The molecule has 0 saturated heterocycles. The van der Waals surface area contributed by atoms with Crippen LogP contribution in [0.25, 0.3) is 0 Å². The van der Waals surface area contributed by atoms with Crippen LogP contribution < -0.4 is 5.32 Å². The van der Waals surface area contributed by atoms with E-state index in [1.54, 1.807) is 25.2 Å². The molecular weight excluding hydrogens is 258 g/mol. The summed E-state index contributed by atoms with van der Waals surface area (Å²) in [4.78, 5) is 22.5. The summed E-state index contributed by atoms with van der Waals surface area (Å²) >= 11 is 2.98. The number of hydrogen-bond acceptors (Lipinski definition) is 4. The topological polar surface area (TPSA) is 66.4 Å². The molecule has 1 amide bonds. The van der Waals surface area contributed by atoms with Gasteiger partial charge in [0, 0.05) is 0 Å². The Kier molecular flexibility index (Phi) is 5.50. The maximum Gasteiger partial charge on any atom is 0.326 e. The van der Waals surface area contributed by atoms with Crippen LogP contribution in [0.4, 0.5) is 0 Å². The highest BCUT2D eigenvalue weighted by Crippen LogP contribution is 2.22. The molecule has 0 bridgehead atoms. The van der Waals surface area contributed by atoms with Gasteiger partial charge in [-0.25, -0.2) is 4.79 Å². The lowest BCUT2D eigenvalue weighted by Crippen LogP contribution is -2.45. The van der Waals surface area contributed by atoms with Crippen molar-refractivity contribution in [3.8, 4) is 0 Å². The van der Waals surface area contributed by atoms with Gasteiger partial charge in [0.15, 0.2) is 0 Å². The summed E-state index contributed by atoms with van der Waals surface area (Å²) in [6, 6.07) is 3.03. The Hall–Kier alpha value is -1.01. The van der Waals surface area contributed by atoms with Gasteiger partial charge >= 0.3 is 5.97 Å². The number of nitrogens with one attached hydrogen (secondary N) is 1. The number of carboxylic acids is 1. The van der Waals surface area contributed by atoms with E-state index in [0.29, 0.717) is 0 Å². The van der Waals surface area contributed by atoms with Crippen molar-refractivity contribution in [1.82, 2.24) is 5.32 Å². The normalized spacial score (nSPS) is 12.4. The highest BCUT2D eigenvalue weighted by Gasteiger charge is 2.23. The van der Waals surface area contributed by atoms with E-state index in [1.807, 2.05) is 17.5 Å². The Morgan fingerprint density at radius 1 is 1.53 bits per heavy atom. The standard InChI is InChI=1S/C11H15NO3S2/c1-7(2)10(11(14)15)12-8(13)6-17-9-4-3-5-16-9/h3-5,7,10H,6H2,1-2H3,(H,12,13)(H,14,15)/t10-/m1/s1. The molecule has 1 aromatic heterocycles. The molecule has 0 radical (unpaired) electrons. The molecule has 0 aliphatic heterocycles. The van der Waals surface area contributed by atoms with E-state index in [9.17, 15) is 9.59 Å². The van der Waals surface area contributed by atoms with Gasteiger partial charge < -0.3 is 10.4 Å². The molecular formula is C11H15NO3S2. The molecule has 0 saturated carbocycles. The van der Waals surface area contributed by atoms with Crippen molar-refractivity contribution in [2.45, 2.75) is 24.1 Å². The zero-order chi connectivity index (χ0) is 12.8. The van der Waals surface area contributed by atoms with Crippen LogP contribution >= 0.6 is 23.1 Å². The lowest BCUT2D eigenvalue weighted by atomic mass is 10.1. The van der Waals surface area contributed by atoms with Crippen LogP contribution in [0.3, 0.4) is 0 Å². The molecule has 1 atom stereocenters. The van der Waals surface area contributed by atoms with Crippen molar-refractivity contribution in [2.75, 3.05) is 5.75 Å². The summed E-state index contributed by atoms with van der Waals surface area (Å²) in [6.07, 6.45) is 0. The number of carboxylic acid groups (broad SMARTS) is 1. The number of rotatable bonds is 6. The fourth-order valence-corrected chi connectivity index (χ4v) is 2.81. The maximum atomic E-state index is 11.6. The van der Waals surface area contributed by atoms with Gasteiger partial charge in [0.05, 0.1) is 9.96 Å². The van der Waals surface area contributed by atoms with E-state index >= 15 is 0 Å². The second-order valence-corrected chi connectivity index (χ2v) is 6.07. The molecule has 6 heteroatoms. The Balaban J connectivity index is 2.40. The quantitative estimate of drug-likeness (QED) is 0.779. The molecule has 4 nitrogen and oxygen atoms in total. The van der Waals surface area contributed by atoms with Crippen molar-refractivity contribution in [2.24, 2.45) is 5.92 Å². The lowest BCUT2D eigenvalue weighted by molar-refractivity contribution is -0.142. The number of thiophene rings is 1. The second kappa shape index (κ2) is 6.66. The zero-order valence-corrected chi connectivity index (χ0v) is 11.3. The lowest BCUT2D eigenvalue weighted by Gasteiger charge is -2.17.